The van der Waals surface area contributed by atoms with E-state index in [1.165, 1.54) is 0 Å². The zero-order valence-electron chi connectivity index (χ0n) is 26.8. The Morgan fingerprint density at radius 3 is 2.17 bits per heavy atom. The first-order valence-electron chi connectivity index (χ1n) is 15.3. The molecule has 4 amide bonds. The van der Waals surface area contributed by atoms with Gasteiger partial charge in [0.2, 0.25) is 23.6 Å². The van der Waals surface area contributed by atoms with Crippen LogP contribution >= 0.6 is 0 Å². The van der Waals surface area contributed by atoms with Gasteiger partial charge in [0.05, 0.1) is 12.1 Å². The monoisotopic (exact) mass is 579 g/mol. The van der Waals surface area contributed by atoms with Crippen LogP contribution in [0.25, 0.3) is 0 Å². The number of nitrogens with one attached hydrogen (secondary N) is 2. The summed E-state index contributed by atoms with van der Waals surface area (Å²) in [5, 5.41) is 5.65. The summed E-state index contributed by atoms with van der Waals surface area (Å²) in [5.41, 5.74) is -0.0934. The molecule has 0 bridgehead atoms. The number of hydrogen-bond donors (Lipinski definition) is 2. The van der Waals surface area contributed by atoms with E-state index in [1.807, 2.05) is 34.6 Å². The lowest BCUT2D eigenvalue weighted by Crippen LogP contribution is -2.60. The number of likely N-dealkylation sites (tertiary alicyclic amines) is 2. The van der Waals surface area contributed by atoms with Gasteiger partial charge in [0, 0.05) is 31.8 Å². The van der Waals surface area contributed by atoms with Crippen molar-refractivity contribution in [2.24, 2.45) is 11.3 Å². The maximum Gasteiger partial charge on any atom is 0.249 e. The van der Waals surface area contributed by atoms with E-state index in [0.29, 0.717) is 25.0 Å². The van der Waals surface area contributed by atoms with Crippen LogP contribution in [0.4, 0.5) is 4.39 Å². The summed E-state index contributed by atoms with van der Waals surface area (Å²) in [6.07, 6.45) is 5.84. The molecule has 4 atom stereocenters. The number of carbonyl (C=O) groups is 4. The van der Waals surface area contributed by atoms with Crippen molar-refractivity contribution in [2.45, 2.75) is 118 Å². The van der Waals surface area contributed by atoms with Gasteiger partial charge < -0.3 is 20.4 Å². The van der Waals surface area contributed by atoms with Crippen LogP contribution in [0.1, 0.15) is 87.5 Å². The Hall–Kier alpha value is -2.49. The average molecular weight is 580 g/mol. The molecule has 41 heavy (non-hydrogen) atoms. The number of likely N-dealkylation sites (N-methyl/N-ethyl adjacent to an activating group) is 1. The van der Waals surface area contributed by atoms with Crippen molar-refractivity contribution in [1.29, 1.82) is 0 Å². The largest absolute Gasteiger partial charge is 0.352 e. The summed E-state index contributed by atoms with van der Waals surface area (Å²) in [5.74, 6) is -0.945. The smallest absolute Gasteiger partial charge is 0.249 e. The minimum Gasteiger partial charge on any atom is -0.352 e. The number of carbonyl (C=O) groups excluding carboxylic acids is 4. The number of piperidine rings is 1. The van der Waals surface area contributed by atoms with Gasteiger partial charge in [-0.15, -0.1) is 0 Å². The van der Waals surface area contributed by atoms with Crippen molar-refractivity contribution in [2.75, 3.05) is 33.4 Å². The Morgan fingerprint density at radius 1 is 0.976 bits per heavy atom. The number of rotatable bonds is 11. The van der Waals surface area contributed by atoms with Crippen molar-refractivity contribution >= 4 is 23.6 Å². The van der Waals surface area contributed by atoms with Crippen LogP contribution in [0, 0.1) is 11.3 Å². The summed E-state index contributed by atoms with van der Waals surface area (Å²) in [4.78, 5) is 58.9. The highest BCUT2D eigenvalue weighted by molar-refractivity contribution is 5.97. The van der Waals surface area contributed by atoms with Crippen molar-refractivity contribution in [3.05, 3.63) is 11.6 Å². The Morgan fingerprint density at radius 2 is 1.61 bits per heavy atom. The highest BCUT2D eigenvalue weighted by Crippen LogP contribution is 2.26. The SMILES string of the molecule is CC(=C[C@H](C(C)C)N(C)C(=O)[C@@H](NC(=O)[C@H]1CCCCN1C(C)C)C(C)(C)C)C(=O)N1CCC[C@H]1C(=O)NCCF. The summed E-state index contributed by atoms with van der Waals surface area (Å²) >= 11 is 0. The van der Waals surface area contributed by atoms with Gasteiger partial charge in [0.1, 0.15) is 18.8 Å². The Balaban J connectivity index is 2.25. The van der Waals surface area contributed by atoms with E-state index in [-0.39, 0.29) is 48.2 Å². The summed E-state index contributed by atoms with van der Waals surface area (Å²) in [6.45, 7) is 16.3. The molecular formula is C31H54FN5O4. The molecule has 2 aliphatic heterocycles. The van der Waals surface area contributed by atoms with Gasteiger partial charge in [0.25, 0.3) is 0 Å². The van der Waals surface area contributed by atoms with Crippen molar-refractivity contribution < 1.29 is 23.6 Å². The van der Waals surface area contributed by atoms with Gasteiger partial charge in [-0.2, -0.15) is 0 Å². The highest BCUT2D eigenvalue weighted by atomic mass is 19.1. The zero-order valence-corrected chi connectivity index (χ0v) is 26.8. The van der Waals surface area contributed by atoms with Gasteiger partial charge in [-0.25, -0.2) is 4.39 Å². The molecule has 2 rings (SSSR count). The molecule has 2 fully saturated rings. The van der Waals surface area contributed by atoms with Crippen molar-refractivity contribution in [3.63, 3.8) is 0 Å². The first-order valence-corrected chi connectivity index (χ1v) is 15.3. The molecule has 0 aromatic carbocycles. The molecule has 9 nitrogen and oxygen atoms in total. The van der Waals surface area contributed by atoms with E-state index in [1.54, 1.807) is 29.8 Å². The maximum absolute atomic E-state index is 14.0. The van der Waals surface area contributed by atoms with E-state index in [0.717, 1.165) is 25.8 Å². The van der Waals surface area contributed by atoms with E-state index >= 15 is 0 Å². The molecule has 2 N–H and O–H groups in total. The molecule has 0 aromatic rings. The number of nitrogens with zero attached hydrogens (tertiary/aromatic N) is 3. The fraction of sp³-hybridized carbons (Fsp3) is 0.806. The van der Waals surface area contributed by atoms with Gasteiger partial charge in [0.15, 0.2) is 0 Å². The predicted molar refractivity (Wildman–Crippen MR) is 160 cm³/mol. The molecular weight excluding hydrogens is 525 g/mol. The molecule has 10 heteroatoms. The highest BCUT2D eigenvalue weighted by Gasteiger charge is 2.40. The second kappa shape index (κ2) is 15.1. The minimum absolute atomic E-state index is 0.0139. The second-order valence-electron chi connectivity index (χ2n) is 13.3. The summed E-state index contributed by atoms with van der Waals surface area (Å²) in [7, 11) is 1.72. The fourth-order valence-corrected chi connectivity index (χ4v) is 5.97. The van der Waals surface area contributed by atoms with Crippen LogP contribution in [0.2, 0.25) is 0 Å². The number of alkyl halides is 1. The molecule has 0 aliphatic carbocycles. The summed E-state index contributed by atoms with van der Waals surface area (Å²) in [6, 6.07) is -1.80. The van der Waals surface area contributed by atoms with Crippen LogP contribution in [0.3, 0.4) is 0 Å². The second-order valence-corrected chi connectivity index (χ2v) is 13.3. The van der Waals surface area contributed by atoms with E-state index in [2.05, 4.69) is 29.4 Å². The molecule has 0 unspecified atom stereocenters. The normalized spacial score (nSPS) is 22.0. The van der Waals surface area contributed by atoms with Crippen LogP contribution in [0.15, 0.2) is 11.6 Å². The third-order valence-electron chi connectivity index (χ3n) is 8.36. The predicted octanol–water partition coefficient (Wildman–Crippen LogP) is 3.29. The van der Waals surface area contributed by atoms with Gasteiger partial charge >= 0.3 is 0 Å². The topological polar surface area (TPSA) is 102 Å². The van der Waals surface area contributed by atoms with Gasteiger partial charge in [-0.05, 0) is 64.3 Å². The summed E-state index contributed by atoms with van der Waals surface area (Å²) < 4.78 is 12.6. The quantitative estimate of drug-likeness (QED) is 0.366. The lowest BCUT2D eigenvalue weighted by molar-refractivity contribution is -0.142. The average Bonchev–Trinajstić information content (AvgIpc) is 3.41. The fourth-order valence-electron chi connectivity index (χ4n) is 5.97. The van der Waals surface area contributed by atoms with Crippen LogP contribution in [-0.4, -0.2) is 102 Å². The van der Waals surface area contributed by atoms with E-state index in [9.17, 15) is 23.6 Å². The molecule has 234 valence electrons. The molecule has 0 radical (unpaired) electrons. The number of hydrogen-bond acceptors (Lipinski definition) is 5. The molecule has 0 spiro atoms. The Kier molecular flexibility index (Phi) is 12.8. The van der Waals surface area contributed by atoms with E-state index in [4.69, 9.17) is 0 Å². The van der Waals surface area contributed by atoms with Crippen LogP contribution in [0.5, 0.6) is 0 Å². The van der Waals surface area contributed by atoms with E-state index < -0.39 is 30.2 Å². The standard InChI is InChI=1S/C31H54FN5O4/c1-20(2)25(19-22(5)29(40)37-18-12-14-23(37)27(38)33-16-15-32)35(9)30(41)26(31(6,7)8)34-28(39)24-13-10-11-17-36(24)21(3)4/h19-21,23-26H,10-18H2,1-9H3,(H,33,38)(H,34,39)/t23-,24+,25+,26+/m0/s1. The van der Waals surface area contributed by atoms with Gasteiger partial charge in [-0.3, -0.25) is 24.1 Å². The van der Waals surface area contributed by atoms with Crippen LogP contribution < -0.4 is 10.6 Å². The Bertz CT molecular complexity index is 961. The van der Waals surface area contributed by atoms with Crippen molar-refractivity contribution in [1.82, 2.24) is 25.3 Å². The molecule has 2 heterocycles. The number of amides is 4. The first kappa shape index (κ1) is 34.7. The maximum atomic E-state index is 14.0. The van der Waals surface area contributed by atoms with Crippen molar-refractivity contribution in [3.8, 4) is 0 Å². The third kappa shape index (κ3) is 9.00. The lowest BCUT2D eigenvalue weighted by Gasteiger charge is -2.41. The third-order valence-corrected chi connectivity index (χ3v) is 8.36. The molecule has 2 aliphatic rings. The molecule has 0 saturated carbocycles. The molecule has 0 aromatic heterocycles. The minimum atomic E-state index is -0.747. The first-order chi connectivity index (χ1) is 19.1. The number of halogens is 1. The zero-order chi connectivity index (χ0) is 31.1. The lowest BCUT2D eigenvalue weighted by atomic mass is 9.84. The molecule has 2 saturated heterocycles. The van der Waals surface area contributed by atoms with Gasteiger partial charge in [-0.1, -0.05) is 47.1 Å². The Labute approximate surface area is 246 Å². The van der Waals surface area contributed by atoms with Crippen LogP contribution in [-0.2, 0) is 19.2 Å².